The van der Waals surface area contributed by atoms with Crippen LogP contribution in [0.4, 0.5) is 4.39 Å². The van der Waals surface area contributed by atoms with Crippen molar-refractivity contribution in [2.45, 2.75) is 6.67 Å². The molecule has 11 heavy (non-hydrogen) atoms. The van der Waals surface area contributed by atoms with E-state index in [-0.39, 0.29) is 11.3 Å². The maximum atomic E-state index is 12.0. The van der Waals surface area contributed by atoms with Crippen molar-refractivity contribution >= 4 is 33.4 Å². The van der Waals surface area contributed by atoms with Gasteiger partial charge in [-0.05, 0) is 27.5 Å². The van der Waals surface area contributed by atoms with E-state index in [1.165, 1.54) is 0 Å². The highest BCUT2D eigenvalue weighted by Gasteiger charge is 2.17. The molecular formula is C5H3BrFNO2S. The zero-order valence-electron chi connectivity index (χ0n) is 5.17. The monoisotopic (exact) mass is 239 g/mol. The van der Waals surface area contributed by atoms with Gasteiger partial charge in [-0.1, -0.05) is 0 Å². The molecule has 0 radical (unpaired) electrons. The molecule has 0 saturated heterocycles. The summed E-state index contributed by atoms with van der Waals surface area (Å²) in [6.45, 7) is -0.844. The first-order chi connectivity index (χ1) is 5.16. The lowest BCUT2D eigenvalue weighted by Crippen LogP contribution is -1.99. The standard InChI is InChI=1S/C5H3BrFNO2S/c6-4-3(5(9)10)2(1-7)8-11-4/h1H2,(H,9,10). The highest BCUT2D eigenvalue weighted by Crippen LogP contribution is 2.25. The van der Waals surface area contributed by atoms with Crippen molar-refractivity contribution < 1.29 is 14.3 Å². The number of aromatic nitrogens is 1. The molecule has 1 rings (SSSR count). The molecule has 1 heterocycles. The summed E-state index contributed by atoms with van der Waals surface area (Å²) in [5.41, 5.74) is -0.0909. The number of carboxylic acids is 1. The Balaban J connectivity index is 3.17. The highest BCUT2D eigenvalue weighted by atomic mass is 79.9. The topological polar surface area (TPSA) is 50.2 Å². The van der Waals surface area contributed by atoms with Crippen LogP contribution >= 0.6 is 27.5 Å². The zero-order valence-corrected chi connectivity index (χ0v) is 7.58. The average molecular weight is 240 g/mol. The van der Waals surface area contributed by atoms with E-state index < -0.39 is 12.6 Å². The van der Waals surface area contributed by atoms with Gasteiger partial charge in [-0.3, -0.25) is 0 Å². The molecule has 0 atom stereocenters. The van der Waals surface area contributed by atoms with Crippen molar-refractivity contribution in [2.75, 3.05) is 0 Å². The Morgan fingerprint density at radius 3 is 2.82 bits per heavy atom. The van der Waals surface area contributed by atoms with Gasteiger partial charge in [-0.2, -0.15) is 4.37 Å². The van der Waals surface area contributed by atoms with Gasteiger partial charge in [0.25, 0.3) is 0 Å². The predicted octanol–water partition coefficient (Wildman–Crippen LogP) is 2.07. The van der Waals surface area contributed by atoms with E-state index in [1.807, 2.05) is 0 Å². The molecule has 1 aromatic rings. The van der Waals surface area contributed by atoms with Crippen LogP contribution in [0.5, 0.6) is 0 Å². The second-order valence-corrected chi connectivity index (χ2v) is 3.81. The molecule has 0 unspecified atom stereocenters. The van der Waals surface area contributed by atoms with E-state index in [4.69, 9.17) is 5.11 Å². The maximum Gasteiger partial charge on any atom is 0.339 e. The Kier molecular flexibility index (Phi) is 2.56. The van der Waals surface area contributed by atoms with Gasteiger partial charge in [0, 0.05) is 0 Å². The van der Waals surface area contributed by atoms with Gasteiger partial charge in [0.05, 0.1) is 0 Å². The number of hydrogen-bond donors (Lipinski definition) is 1. The van der Waals surface area contributed by atoms with Crippen molar-refractivity contribution in [1.82, 2.24) is 4.37 Å². The predicted molar refractivity (Wildman–Crippen MR) is 41.6 cm³/mol. The van der Waals surface area contributed by atoms with Gasteiger partial charge in [-0.25, -0.2) is 9.18 Å². The average Bonchev–Trinajstić information content (AvgIpc) is 2.30. The number of hydrogen-bond acceptors (Lipinski definition) is 3. The van der Waals surface area contributed by atoms with Gasteiger partial charge in [0.15, 0.2) is 0 Å². The second kappa shape index (κ2) is 3.27. The molecule has 1 N–H and O–H groups in total. The Hall–Kier alpha value is -0.490. The SMILES string of the molecule is O=C(O)c1c(CF)nsc1Br. The number of alkyl halides is 1. The Morgan fingerprint density at radius 2 is 2.45 bits per heavy atom. The number of aromatic carboxylic acids is 1. The number of carboxylic acid groups (broad SMARTS) is 1. The fourth-order valence-corrected chi connectivity index (χ4v) is 1.84. The van der Waals surface area contributed by atoms with Gasteiger partial charge in [0.2, 0.25) is 0 Å². The number of rotatable bonds is 2. The Bertz CT molecular complexity index is 288. The summed E-state index contributed by atoms with van der Waals surface area (Å²) in [4.78, 5) is 10.4. The van der Waals surface area contributed by atoms with Crippen molar-refractivity contribution in [3.8, 4) is 0 Å². The summed E-state index contributed by atoms with van der Waals surface area (Å²) >= 11 is 3.90. The third-order valence-corrected chi connectivity index (χ3v) is 2.57. The van der Waals surface area contributed by atoms with Crippen LogP contribution in [0.1, 0.15) is 16.1 Å². The van der Waals surface area contributed by atoms with Crippen LogP contribution in [0.2, 0.25) is 0 Å². The van der Waals surface area contributed by atoms with E-state index in [9.17, 15) is 9.18 Å². The minimum absolute atomic E-state index is 0.0191. The van der Waals surface area contributed by atoms with E-state index in [1.54, 1.807) is 0 Å². The molecule has 0 aliphatic carbocycles. The first-order valence-corrected chi connectivity index (χ1v) is 4.16. The van der Waals surface area contributed by atoms with E-state index in [0.29, 0.717) is 3.79 Å². The first kappa shape index (κ1) is 8.61. The molecule has 0 bridgehead atoms. The molecule has 6 heteroatoms. The molecule has 0 aliphatic rings. The fourth-order valence-electron chi connectivity index (χ4n) is 0.599. The van der Waals surface area contributed by atoms with Crippen LogP contribution in [-0.2, 0) is 6.67 Å². The van der Waals surface area contributed by atoms with Crippen LogP contribution in [0.3, 0.4) is 0 Å². The van der Waals surface area contributed by atoms with E-state index >= 15 is 0 Å². The van der Waals surface area contributed by atoms with Crippen LogP contribution in [0.25, 0.3) is 0 Å². The smallest absolute Gasteiger partial charge is 0.339 e. The van der Waals surface area contributed by atoms with Crippen LogP contribution in [0, 0.1) is 0 Å². The van der Waals surface area contributed by atoms with Gasteiger partial charge >= 0.3 is 5.97 Å². The van der Waals surface area contributed by atoms with E-state index in [2.05, 4.69) is 20.3 Å². The molecule has 0 spiro atoms. The summed E-state index contributed by atoms with van der Waals surface area (Å²) in [6.07, 6.45) is 0. The molecule has 0 aliphatic heterocycles. The molecular weight excluding hydrogens is 237 g/mol. The summed E-state index contributed by atoms with van der Waals surface area (Å²) in [6, 6.07) is 0. The van der Waals surface area contributed by atoms with Crippen molar-refractivity contribution in [3.63, 3.8) is 0 Å². The third-order valence-electron chi connectivity index (χ3n) is 1.06. The molecule has 0 saturated carbocycles. The minimum Gasteiger partial charge on any atom is -0.478 e. The fraction of sp³-hybridized carbons (Fsp3) is 0.200. The number of nitrogens with zero attached hydrogens (tertiary/aromatic N) is 1. The number of halogens is 2. The second-order valence-electron chi connectivity index (χ2n) is 1.72. The summed E-state index contributed by atoms with van der Waals surface area (Å²) in [5.74, 6) is -1.15. The lowest BCUT2D eigenvalue weighted by molar-refractivity contribution is 0.0694. The van der Waals surface area contributed by atoms with Gasteiger partial charge < -0.3 is 5.11 Å². The van der Waals surface area contributed by atoms with Crippen LogP contribution in [-0.4, -0.2) is 15.4 Å². The lowest BCUT2D eigenvalue weighted by atomic mass is 10.3. The largest absolute Gasteiger partial charge is 0.478 e. The molecule has 0 aromatic carbocycles. The van der Waals surface area contributed by atoms with Crippen molar-refractivity contribution in [3.05, 3.63) is 15.0 Å². The number of carbonyl (C=O) groups is 1. The first-order valence-electron chi connectivity index (χ1n) is 2.60. The maximum absolute atomic E-state index is 12.0. The van der Waals surface area contributed by atoms with E-state index in [0.717, 1.165) is 11.5 Å². The Labute approximate surface area is 74.2 Å². The third kappa shape index (κ3) is 1.57. The van der Waals surface area contributed by atoms with Crippen molar-refractivity contribution in [1.29, 1.82) is 0 Å². The molecule has 1 aromatic heterocycles. The minimum atomic E-state index is -1.15. The molecule has 3 nitrogen and oxygen atoms in total. The van der Waals surface area contributed by atoms with Gasteiger partial charge in [0.1, 0.15) is 21.7 Å². The quantitative estimate of drug-likeness (QED) is 0.860. The van der Waals surface area contributed by atoms with Crippen LogP contribution in [0.15, 0.2) is 3.79 Å². The van der Waals surface area contributed by atoms with Crippen molar-refractivity contribution in [2.24, 2.45) is 0 Å². The summed E-state index contributed by atoms with van der Waals surface area (Å²) in [7, 11) is 0. The van der Waals surface area contributed by atoms with Crippen LogP contribution < -0.4 is 0 Å². The molecule has 0 fully saturated rings. The molecule has 0 amide bonds. The molecule has 60 valence electrons. The van der Waals surface area contributed by atoms with Gasteiger partial charge in [-0.15, -0.1) is 0 Å². The highest BCUT2D eigenvalue weighted by molar-refractivity contribution is 9.11. The Morgan fingerprint density at radius 1 is 1.82 bits per heavy atom. The normalized spacial score (nSPS) is 10.0. The summed E-state index contributed by atoms with van der Waals surface area (Å²) in [5, 5.41) is 8.54. The lowest BCUT2D eigenvalue weighted by Gasteiger charge is -1.90. The zero-order chi connectivity index (χ0) is 8.43. The summed E-state index contributed by atoms with van der Waals surface area (Å²) < 4.78 is 16.0.